The Morgan fingerprint density at radius 2 is 1.78 bits per heavy atom. The Bertz CT molecular complexity index is 1120. The van der Waals surface area contributed by atoms with E-state index in [2.05, 4.69) is 66.7 Å². The van der Waals surface area contributed by atoms with Gasteiger partial charge < -0.3 is 0 Å². The molecule has 0 aromatic heterocycles. The highest BCUT2D eigenvalue weighted by molar-refractivity contribution is 6.03. The van der Waals surface area contributed by atoms with Crippen molar-refractivity contribution in [2.75, 3.05) is 0 Å². The molecule has 3 aromatic rings. The number of carbonyl (C=O) groups excluding carboxylic acids is 1. The van der Waals surface area contributed by atoms with Crippen LogP contribution in [0, 0.1) is 5.92 Å². The Kier molecular flexibility index (Phi) is 3.09. The standard InChI is InChI=1S/C26H22O/c27-25-10-11-26(16-17-6-9-22(26)12-17)24-15-21-13-19(18-4-2-1-3-5-18)7-8-20(21)14-23(24)25/h1-8,13-15,22H,9-12,16H2. The molecule has 3 aliphatic carbocycles. The topological polar surface area (TPSA) is 17.1 Å². The van der Waals surface area contributed by atoms with Crippen molar-refractivity contribution in [1.29, 1.82) is 0 Å². The minimum Gasteiger partial charge on any atom is -0.294 e. The number of rotatable bonds is 1. The number of allylic oxidation sites excluding steroid dienone is 2. The number of fused-ring (bicyclic) bond motifs is 6. The van der Waals surface area contributed by atoms with Crippen molar-refractivity contribution in [3.05, 3.63) is 83.4 Å². The Labute approximate surface area is 159 Å². The first-order chi connectivity index (χ1) is 13.2. The zero-order chi connectivity index (χ0) is 18.0. The molecule has 0 heterocycles. The predicted octanol–water partition coefficient (Wildman–Crippen LogP) is 6.46. The van der Waals surface area contributed by atoms with Gasteiger partial charge in [0.05, 0.1) is 0 Å². The van der Waals surface area contributed by atoms with E-state index in [9.17, 15) is 4.79 Å². The molecule has 2 unspecified atom stereocenters. The quantitative estimate of drug-likeness (QED) is 0.460. The summed E-state index contributed by atoms with van der Waals surface area (Å²) in [6, 6.07) is 21.7. The van der Waals surface area contributed by atoms with Crippen LogP contribution >= 0.6 is 0 Å². The van der Waals surface area contributed by atoms with E-state index >= 15 is 0 Å². The van der Waals surface area contributed by atoms with Gasteiger partial charge in [-0.05, 0) is 77.3 Å². The van der Waals surface area contributed by atoms with Gasteiger partial charge >= 0.3 is 0 Å². The van der Waals surface area contributed by atoms with Crippen LogP contribution < -0.4 is 0 Å². The lowest BCUT2D eigenvalue weighted by Gasteiger charge is -2.41. The number of Topliss-reactive ketones (excluding diaryl/α,β-unsaturated/α-hetero) is 1. The zero-order valence-electron chi connectivity index (χ0n) is 15.4. The molecular weight excluding hydrogens is 328 g/mol. The molecule has 0 aliphatic heterocycles. The molecule has 0 N–H and O–H groups in total. The van der Waals surface area contributed by atoms with Crippen molar-refractivity contribution in [3.63, 3.8) is 0 Å². The van der Waals surface area contributed by atoms with Gasteiger partial charge in [0.1, 0.15) is 0 Å². The molecule has 1 saturated carbocycles. The van der Waals surface area contributed by atoms with Crippen molar-refractivity contribution in [1.82, 2.24) is 0 Å². The lowest BCUT2D eigenvalue weighted by molar-refractivity contribution is 0.0940. The molecular formula is C26H22O. The summed E-state index contributed by atoms with van der Waals surface area (Å²) in [5.41, 5.74) is 6.66. The summed E-state index contributed by atoms with van der Waals surface area (Å²) in [7, 11) is 0. The van der Waals surface area contributed by atoms with Gasteiger partial charge in [-0.2, -0.15) is 0 Å². The largest absolute Gasteiger partial charge is 0.294 e. The van der Waals surface area contributed by atoms with Crippen molar-refractivity contribution >= 4 is 16.6 Å². The van der Waals surface area contributed by atoms with Gasteiger partial charge in [-0.1, -0.05) is 54.1 Å². The molecule has 1 heteroatoms. The van der Waals surface area contributed by atoms with E-state index in [1.807, 2.05) is 0 Å². The molecule has 2 atom stereocenters. The van der Waals surface area contributed by atoms with E-state index in [0.717, 1.165) is 12.0 Å². The van der Waals surface area contributed by atoms with Crippen LogP contribution in [0.15, 0.2) is 72.3 Å². The summed E-state index contributed by atoms with van der Waals surface area (Å²) in [6.07, 6.45) is 7.80. The minimum absolute atomic E-state index is 0.213. The second-order valence-electron chi connectivity index (χ2n) is 8.58. The van der Waals surface area contributed by atoms with Gasteiger partial charge in [0.25, 0.3) is 0 Å². The summed E-state index contributed by atoms with van der Waals surface area (Å²) in [5, 5.41) is 2.45. The van der Waals surface area contributed by atoms with Gasteiger partial charge in [0.2, 0.25) is 0 Å². The van der Waals surface area contributed by atoms with E-state index in [-0.39, 0.29) is 5.41 Å². The number of ketones is 1. The highest BCUT2D eigenvalue weighted by Gasteiger charge is 2.51. The minimum atomic E-state index is 0.213. The van der Waals surface area contributed by atoms with Crippen LogP contribution in [0.2, 0.25) is 0 Å². The van der Waals surface area contributed by atoms with Crippen LogP contribution in [0.25, 0.3) is 21.9 Å². The maximum Gasteiger partial charge on any atom is 0.163 e. The van der Waals surface area contributed by atoms with Crippen LogP contribution in [-0.2, 0) is 5.41 Å². The average molecular weight is 350 g/mol. The normalized spacial score (nSPS) is 25.9. The third kappa shape index (κ3) is 2.15. The molecule has 3 aliphatic rings. The fourth-order valence-corrected chi connectivity index (χ4v) is 5.87. The number of carbonyl (C=O) groups is 1. The first-order valence-electron chi connectivity index (χ1n) is 10.1. The number of benzene rings is 3. The van der Waals surface area contributed by atoms with Crippen LogP contribution in [0.1, 0.15) is 48.0 Å². The molecule has 0 amide bonds. The third-order valence-corrected chi connectivity index (χ3v) is 7.24. The van der Waals surface area contributed by atoms with Gasteiger partial charge in [-0.3, -0.25) is 4.79 Å². The highest BCUT2D eigenvalue weighted by Crippen LogP contribution is 2.59. The fourth-order valence-electron chi connectivity index (χ4n) is 5.87. The van der Waals surface area contributed by atoms with Gasteiger partial charge in [0, 0.05) is 17.4 Å². The molecule has 1 fully saturated rings. The molecule has 3 aromatic carbocycles. The fraction of sp³-hybridized carbons (Fsp3) is 0.269. The number of hydrogen-bond donors (Lipinski definition) is 0. The van der Waals surface area contributed by atoms with E-state index in [4.69, 9.17) is 0 Å². The second-order valence-corrected chi connectivity index (χ2v) is 8.58. The summed E-state index contributed by atoms with van der Waals surface area (Å²) < 4.78 is 0. The summed E-state index contributed by atoms with van der Waals surface area (Å²) in [4.78, 5) is 12.7. The van der Waals surface area contributed by atoms with Gasteiger partial charge in [-0.25, -0.2) is 0 Å². The Hall–Kier alpha value is -2.67. The maximum atomic E-state index is 12.7. The lowest BCUT2D eigenvalue weighted by Crippen LogP contribution is -2.37. The van der Waals surface area contributed by atoms with E-state index in [0.29, 0.717) is 18.1 Å². The Balaban J connectivity index is 1.56. The lowest BCUT2D eigenvalue weighted by atomic mass is 9.62. The molecule has 1 spiro atoms. The summed E-state index contributed by atoms with van der Waals surface area (Å²) >= 11 is 0. The monoisotopic (exact) mass is 350 g/mol. The van der Waals surface area contributed by atoms with E-state index in [1.54, 1.807) is 5.57 Å². The van der Waals surface area contributed by atoms with E-state index < -0.39 is 0 Å². The SMILES string of the molecule is O=C1CCC2(CC3=CCC2C3)c2cc3cc(-c4ccccc4)ccc3cc21. The van der Waals surface area contributed by atoms with Crippen molar-refractivity contribution < 1.29 is 4.79 Å². The third-order valence-electron chi connectivity index (χ3n) is 7.24. The van der Waals surface area contributed by atoms with Gasteiger partial charge in [0.15, 0.2) is 5.78 Å². The predicted molar refractivity (Wildman–Crippen MR) is 110 cm³/mol. The van der Waals surface area contributed by atoms with Gasteiger partial charge in [-0.15, -0.1) is 0 Å². The second kappa shape index (κ2) is 5.42. The smallest absolute Gasteiger partial charge is 0.163 e. The van der Waals surface area contributed by atoms with Crippen LogP contribution in [0.5, 0.6) is 0 Å². The van der Waals surface area contributed by atoms with Crippen molar-refractivity contribution in [2.45, 2.75) is 37.5 Å². The van der Waals surface area contributed by atoms with E-state index in [1.165, 1.54) is 46.7 Å². The zero-order valence-corrected chi connectivity index (χ0v) is 15.4. The molecule has 132 valence electrons. The molecule has 2 bridgehead atoms. The highest BCUT2D eigenvalue weighted by atomic mass is 16.1. The molecule has 27 heavy (non-hydrogen) atoms. The van der Waals surface area contributed by atoms with Crippen LogP contribution in [0.3, 0.4) is 0 Å². The maximum absolute atomic E-state index is 12.7. The Morgan fingerprint density at radius 3 is 2.56 bits per heavy atom. The first kappa shape index (κ1) is 15.4. The summed E-state index contributed by atoms with van der Waals surface area (Å²) in [6.45, 7) is 0. The average Bonchev–Trinajstić information content (AvgIpc) is 3.32. The molecule has 0 saturated heterocycles. The van der Waals surface area contributed by atoms with Crippen LogP contribution in [0.4, 0.5) is 0 Å². The molecule has 6 rings (SSSR count). The summed E-state index contributed by atoms with van der Waals surface area (Å²) in [5.74, 6) is 1.04. The van der Waals surface area contributed by atoms with Crippen molar-refractivity contribution in [2.24, 2.45) is 5.92 Å². The number of hydrogen-bond acceptors (Lipinski definition) is 1. The van der Waals surface area contributed by atoms with Crippen LogP contribution in [-0.4, -0.2) is 5.78 Å². The first-order valence-corrected chi connectivity index (χ1v) is 10.1. The molecule has 1 nitrogen and oxygen atoms in total. The van der Waals surface area contributed by atoms with Crippen molar-refractivity contribution in [3.8, 4) is 11.1 Å². The molecule has 0 radical (unpaired) electrons. The Morgan fingerprint density at radius 1 is 0.889 bits per heavy atom.